The van der Waals surface area contributed by atoms with Crippen molar-refractivity contribution in [3.05, 3.63) is 12.3 Å². The molecule has 0 heterocycles. The normalized spacial score (nSPS) is 9.33. The lowest BCUT2D eigenvalue weighted by atomic mass is 10.2. The van der Waals surface area contributed by atoms with Gasteiger partial charge in [0.25, 0.3) is 0 Å². The molecular weight excluding hydrogens is 112 g/mol. The Hall–Kier alpha value is -0.900. The van der Waals surface area contributed by atoms with Crippen LogP contribution in [0.2, 0.25) is 0 Å². The Morgan fingerprint density at radius 1 is 1.44 bits per heavy atom. The van der Waals surface area contributed by atoms with Crippen LogP contribution in [0.1, 0.15) is 13.8 Å². The van der Waals surface area contributed by atoms with Crippen molar-refractivity contribution < 1.29 is 4.74 Å². The summed E-state index contributed by atoms with van der Waals surface area (Å²) in [5.74, 6) is 6.23. The molecule has 9 heavy (non-hydrogen) atoms. The highest BCUT2D eigenvalue weighted by Crippen LogP contribution is 1.85. The molecule has 0 rings (SSSR count). The molecule has 0 aliphatic carbocycles. The van der Waals surface area contributed by atoms with Crippen LogP contribution in [0.3, 0.4) is 0 Å². The Kier molecular flexibility index (Phi) is 4.72. The molecule has 0 saturated heterocycles. The summed E-state index contributed by atoms with van der Waals surface area (Å²) in [4.78, 5) is 0. The van der Waals surface area contributed by atoms with Gasteiger partial charge in [-0.25, -0.2) is 0 Å². The van der Waals surface area contributed by atoms with Crippen LogP contribution < -0.4 is 0 Å². The van der Waals surface area contributed by atoms with Crippen LogP contribution in [0, 0.1) is 17.8 Å². The Morgan fingerprint density at radius 2 is 2.11 bits per heavy atom. The van der Waals surface area contributed by atoms with Crippen LogP contribution in [0.4, 0.5) is 0 Å². The second-order valence-corrected chi connectivity index (χ2v) is 1.98. The molecule has 0 atom stereocenters. The summed E-state index contributed by atoms with van der Waals surface area (Å²) in [6.07, 6.45) is 3.26. The summed E-state index contributed by atoms with van der Waals surface area (Å²) in [7, 11) is 1.60. The average Bonchev–Trinajstić information content (AvgIpc) is 1.80. The molecule has 0 spiro atoms. The van der Waals surface area contributed by atoms with E-state index in [0.717, 1.165) is 0 Å². The molecule has 50 valence electrons. The van der Waals surface area contributed by atoms with E-state index in [1.165, 1.54) is 0 Å². The van der Waals surface area contributed by atoms with Gasteiger partial charge in [0.15, 0.2) is 0 Å². The van der Waals surface area contributed by atoms with E-state index in [9.17, 15) is 0 Å². The van der Waals surface area contributed by atoms with Gasteiger partial charge in [-0.1, -0.05) is 25.7 Å². The van der Waals surface area contributed by atoms with Crippen molar-refractivity contribution in [1.82, 2.24) is 0 Å². The number of methoxy groups -OCH3 is 1. The lowest BCUT2D eigenvalue weighted by Gasteiger charge is -1.84. The summed E-state index contributed by atoms with van der Waals surface area (Å²) in [6, 6.07) is 0. The van der Waals surface area contributed by atoms with Crippen molar-refractivity contribution in [3.8, 4) is 11.8 Å². The number of hydrogen-bond acceptors (Lipinski definition) is 1. The van der Waals surface area contributed by atoms with Crippen molar-refractivity contribution in [3.63, 3.8) is 0 Å². The maximum absolute atomic E-state index is 4.64. The first-order valence-corrected chi connectivity index (χ1v) is 2.96. The van der Waals surface area contributed by atoms with Gasteiger partial charge in [-0.3, -0.25) is 0 Å². The first-order chi connectivity index (χ1) is 4.27. The molecular formula is C8H12O. The van der Waals surface area contributed by atoms with E-state index < -0.39 is 0 Å². The monoisotopic (exact) mass is 124 g/mol. The zero-order chi connectivity index (χ0) is 7.11. The van der Waals surface area contributed by atoms with Crippen molar-refractivity contribution in [2.75, 3.05) is 7.11 Å². The minimum atomic E-state index is 0.437. The fourth-order valence-corrected chi connectivity index (χ4v) is 0.317. The quantitative estimate of drug-likeness (QED) is 0.382. The maximum Gasteiger partial charge on any atom is 0.0908 e. The number of allylic oxidation sites excluding steroid dienone is 1. The molecule has 0 aromatic carbocycles. The van der Waals surface area contributed by atoms with Crippen LogP contribution >= 0.6 is 0 Å². The third-order valence-electron chi connectivity index (χ3n) is 0.659. The summed E-state index contributed by atoms with van der Waals surface area (Å²) in [5.41, 5.74) is 0. The highest BCUT2D eigenvalue weighted by Gasteiger charge is 1.77. The molecule has 1 heteroatoms. The molecule has 0 aromatic heterocycles. The highest BCUT2D eigenvalue weighted by atomic mass is 16.5. The number of rotatable bonds is 1. The van der Waals surface area contributed by atoms with Gasteiger partial charge in [0.05, 0.1) is 13.4 Å². The van der Waals surface area contributed by atoms with Gasteiger partial charge < -0.3 is 4.74 Å². The zero-order valence-electron chi connectivity index (χ0n) is 6.14. The fraction of sp³-hybridized carbons (Fsp3) is 0.500. The molecule has 0 radical (unpaired) electrons. The molecule has 0 aliphatic rings. The van der Waals surface area contributed by atoms with E-state index >= 15 is 0 Å². The standard InChI is InChI=1S/C8H12O/c1-8(2)6-4-5-7-9-3/h5,7-8H,1-3H3/b7-5+. The van der Waals surface area contributed by atoms with Crippen molar-refractivity contribution in [2.24, 2.45) is 5.92 Å². The SMILES string of the molecule is CO/C=C/C#CC(C)C. The van der Waals surface area contributed by atoms with Crippen LogP contribution in [0.15, 0.2) is 12.3 Å². The van der Waals surface area contributed by atoms with E-state index in [1.807, 2.05) is 13.8 Å². The first kappa shape index (κ1) is 8.10. The largest absolute Gasteiger partial charge is 0.504 e. The number of hydrogen-bond donors (Lipinski definition) is 0. The summed E-state index contributed by atoms with van der Waals surface area (Å²) in [5, 5.41) is 0. The second-order valence-electron chi connectivity index (χ2n) is 1.98. The Labute approximate surface area is 56.7 Å². The van der Waals surface area contributed by atoms with E-state index in [1.54, 1.807) is 19.4 Å². The van der Waals surface area contributed by atoms with Gasteiger partial charge in [-0.05, 0) is 0 Å². The van der Waals surface area contributed by atoms with E-state index in [2.05, 4.69) is 16.6 Å². The Balaban J connectivity index is 3.49. The summed E-state index contributed by atoms with van der Waals surface area (Å²) in [6.45, 7) is 4.10. The maximum atomic E-state index is 4.64. The first-order valence-electron chi connectivity index (χ1n) is 2.96. The van der Waals surface area contributed by atoms with Gasteiger partial charge in [0, 0.05) is 12.0 Å². The Bertz CT molecular complexity index is 134. The van der Waals surface area contributed by atoms with Crippen LogP contribution in [0.25, 0.3) is 0 Å². The van der Waals surface area contributed by atoms with E-state index in [0.29, 0.717) is 5.92 Å². The van der Waals surface area contributed by atoms with Crippen LogP contribution in [0.5, 0.6) is 0 Å². The molecule has 0 aromatic rings. The summed E-state index contributed by atoms with van der Waals surface area (Å²) >= 11 is 0. The Morgan fingerprint density at radius 3 is 2.56 bits per heavy atom. The minimum absolute atomic E-state index is 0.437. The van der Waals surface area contributed by atoms with E-state index in [-0.39, 0.29) is 0 Å². The van der Waals surface area contributed by atoms with Gasteiger partial charge in [0.2, 0.25) is 0 Å². The summed E-state index contributed by atoms with van der Waals surface area (Å²) < 4.78 is 4.64. The average molecular weight is 124 g/mol. The predicted molar refractivity (Wildman–Crippen MR) is 38.8 cm³/mol. The lowest BCUT2D eigenvalue weighted by molar-refractivity contribution is 0.338. The number of ether oxygens (including phenoxy) is 1. The topological polar surface area (TPSA) is 9.23 Å². The van der Waals surface area contributed by atoms with Gasteiger partial charge >= 0.3 is 0 Å². The lowest BCUT2D eigenvalue weighted by Crippen LogP contribution is -1.75. The van der Waals surface area contributed by atoms with Crippen LogP contribution in [-0.2, 0) is 4.74 Å². The molecule has 0 aliphatic heterocycles. The second kappa shape index (κ2) is 5.24. The third kappa shape index (κ3) is 7.10. The minimum Gasteiger partial charge on any atom is -0.504 e. The van der Waals surface area contributed by atoms with Crippen molar-refractivity contribution in [1.29, 1.82) is 0 Å². The van der Waals surface area contributed by atoms with Crippen LogP contribution in [-0.4, -0.2) is 7.11 Å². The van der Waals surface area contributed by atoms with Crippen molar-refractivity contribution >= 4 is 0 Å². The van der Waals surface area contributed by atoms with Crippen molar-refractivity contribution in [2.45, 2.75) is 13.8 Å². The van der Waals surface area contributed by atoms with Gasteiger partial charge in [0.1, 0.15) is 0 Å². The smallest absolute Gasteiger partial charge is 0.0908 e. The highest BCUT2D eigenvalue weighted by molar-refractivity contribution is 5.14. The molecule has 0 amide bonds. The molecule has 0 saturated carbocycles. The van der Waals surface area contributed by atoms with Gasteiger partial charge in [-0.15, -0.1) is 0 Å². The molecule has 0 fully saturated rings. The molecule has 0 unspecified atom stereocenters. The predicted octanol–water partition coefficient (Wildman–Crippen LogP) is 1.81. The molecule has 0 N–H and O–H groups in total. The third-order valence-corrected chi connectivity index (χ3v) is 0.659. The van der Waals surface area contributed by atoms with E-state index in [4.69, 9.17) is 0 Å². The molecule has 1 nitrogen and oxygen atoms in total. The fourth-order valence-electron chi connectivity index (χ4n) is 0.317. The molecule has 0 bridgehead atoms. The zero-order valence-corrected chi connectivity index (χ0v) is 6.14. The van der Waals surface area contributed by atoms with Gasteiger partial charge in [-0.2, -0.15) is 0 Å².